The molecule has 0 radical (unpaired) electrons. The molecular weight excluding hydrogens is 252 g/mol. The predicted molar refractivity (Wildman–Crippen MR) is 79.9 cm³/mol. The first-order valence-electron chi connectivity index (χ1n) is 6.60. The largest absolute Gasteiger partial charge is 0.492 e. The van der Waals surface area contributed by atoms with Gasteiger partial charge < -0.3 is 14.6 Å². The van der Waals surface area contributed by atoms with Gasteiger partial charge in [0.1, 0.15) is 12.4 Å². The van der Waals surface area contributed by atoms with Crippen molar-refractivity contribution in [1.29, 1.82) is 0 Å². The molecule has 0 saturated heterocycles. The lowest BCUT2D eigenvalue weighted by atomic mass is 10.0. The van der Waals surface area contributed by atoms with Gasteiger partial charge in [0.05, 0.1) is 12.2 Å². The minimum Gasteiger partial charge on any atom is -0.492 e. The summed E-state index contributed by atoms with van der Waals surface area (Å²) in [5.74, 6) is 6.44. The van der Waals surface area contributed by atoms with Crippen LogP contribution in [0, 0.1) is 11.8 Å². The Morgan fingerprint density at radius 2 is 1.95 bits per heavy atom. The third-order valence-corrected chi connectivity index (χ3v) is 2.93. The molecule has 1 N–H and O–H groups in total. The number of rotatable bonds is 5. The number of benzene rings is 2. The van der Waals surface area contributed by atoms with E-state index in [0.29, 0.717) is 13.2 Å². The molecule has 104 valence electrons. The molecule has 0 fully saturated rings. The first-order chi connectivity index (χ1) is 9.86. The molecule has 3 heteroatoms. The van der Waals surface area contributed by atoms with Gasteiger partial charge in [-0.3, -0.25) is 0 Å². The molecule has 0 bridgehead atoms. The van der Waals surface area contributed by atoms with Crippen LogP contribution >= 0.6 is 0 Å². The molecule has 0 atom stereocenters. The van der Waals surface area contributed by atoms with E-state index in [2.05, 4.69) is 11.8 Å². The van der Waals surface area contributed by atoms with Crippen molar-refractivity contribution in [1.82, 2.24) is 0 Å². The monoisotopic (exact) mass is 270 g/mol. The number of fused-ring (bicyclic) bond motifs is 1. The van der Waals surface area contributed by atoms with E-state index in [0.717, 1.165) is 28.5 Å². The molecule has 2 aromatic rings. The van der Waals surface area contributed by atoms with E-state index in [9.17, 15) is 0 Å². The average molecular weight is 270 g/mol. The minimum atomic E-state index is -0.160. The zero-order chi connectivity index (χ0) is 14.2. The Bertz CT molecular complexity index is 623. The second kappa shape index (κ2) is 7.54. The van der Waals surface area contributed by atoms with Crippen molar-refractivity contribution in [3.8, 4) is 17.6 Å². The summed E-state index contributed by atoms with van der Waals surface area (Å²) >= 11 is 0. The van der Waals surface area contributed by atoms with Crippen LogP contribution in [0.4, 0.5) is 0 Å². The Morgan fingerprint density at radius 1 is 1.10 bits per heavy atom. The second-order valence-electron chi connectivity index (χ2n) is 4.31. The summed E-state index contributed by atoms with van der Waals surface area (Å²) in [6, 6.07) is 12.0. The maximum Gasteiger partial charge on any atom is 0.135 e. The van der Waals surface area contributed by atoms with Crippen LogP contribution in [0.3, 0.4) is 0 Å². The minimum absolute atomic E-state index is 0.160. The molecular formula is C17H18O3. The first kappa shape index (κ1) is 14.4. The summed E-state index contributed by atoms with van der Waals surface area (Å²) in [6.07, 6.45) is 0.830. The molecule has 0 amide bonds. The Hall–Kier alpha value is -2.02. The first-order valence-corrected chi connectivity index (χ1v) is 6.60. The molecule has 0 heterocycles. The quantitative estimate of drug-likeness (QED) is 0.670. The van der Waals surface area contributed by atoms with Gasteiger partial charge in [-0.15, -0.1) is 0 Å². The molecule has 2 rings (SSSR count). The lowest BCUT2D eigenvalue weighted by Gasteiger charge is -2.10. The Kier molecular flexibility index (Phi) is 5.43. The van der Waals surface area contributed by atoms with Crippen molar-refractivity contribution in [3.05, 3.63) is 42.0 Å². The summed E-state index contributed by atoms with van der Waals surface area (Å²) in [7, 11) is 1.67. The third kappa shape index (κ3) is 3.51. The normalized spacial score (nSPS) is 10.1. The number of aliphatic hydroxyl groups is 1. The van der Waals surface area contributed by atoms with E-state index in [-0.39, 0.29) is 6.61 Å². The number of methoxy groups -OCH3 is 1. The van der Waals surface area contributed by atoms with Crippen LogP contribution in [0.25, 0.3) is 10.8 Å². The predicted octanol–water partition coefficient (Wildman–Crippen LogP) is 2.60. The van der Waals surface area contributed by atoms with Crippen molar-refractivity contribution >= 4 is 10.8 Å². The highest BCUT2D eigenvalue weighted by molar-refractivity contribution is 5.90. The van der Waals surface area contributed by atoms with Crippen LogP contribution in [0.1, 0.15) is 12.0 Å². The highest BCUT2D eigenvalue weighted by Gasteiger charge is 2.06. The van der Waals surface area contributed by atoms with E-state index >= 15 is 0 Å². The Balaban J connectivity index is 2.32. The van der Waals surface area contributed by atoms with E-state index in [1.807, 2.05) is 36.4 Å². The van der Waals surface area contributed by atoms with Gasteiger partial charge in [0.2, 0.25) is 0 Å². The van der Waals surface area contributed by atoms with Crippen LogP contribution < -0.4 is 4.74 Å². The standard InChI is InChI=1S/C17H18O3/c1-19-12-5-13-20-17-10-9-14-6-2-3-7-15(14)16(17)8-4-11-18/h2-3,6-7,9-10,18H,5,11-13H2,1H3. The van der Waals surface area contributed by atoms with Crippen LogP contribution in [0.5, 0.6) is 5.75 Å². The highest BCUT2D eigenvalue weighted by atomic mass is 16.5. The molecule has 0 saturated carbocycles. The van der Waals surface area contributed by atoms with Crippen molar-refractivity contribution < 1.29 is 14.6 Å². The van der Waals surface area contributed by atoms with Crippen molar-refractivity contribution in [2.75, 3.05) is 26.9 Å². The summed E-state index contributed by atoms with van der Waals surface area (Å²) in [5, 5.41) is 11.1. The number of aliphatic hydroxyl groups excluding tert-OH is 1. The summed E-state index contributed by atoms with van der Waals surface area (Å²) in [4.78, 5) is 0. The maximum absolute atomic E-state index is 8.91. The van der Waals surface area contributed by atoms with Gasteiger partial charge in [0.25, 0.3) is 0 Å². The Morgan fingerprint density at radius 3 is 2.75 bits per heavy atom. The number of hydrogen-bond donors (Lipinski definition) is 1. The smallest absolute Gasteiger partial charge is 0.135 e. The molecule has 20 heavy (non-hydrogen) atoms. The molecule has 0 spiro atoms. The molecule has 2 aromatic carbocycles. The fourth-order valence-electron chi connectivity index (χ4n) is 2.01. The van der Waals surface area contributed by atoms with E-state index in [4.69, 9.17) is 14.6 Å². The van der Waals surface area contributed by atoms with Gasteiger partial charge in [-0.1, -0.05) is 42.2 Å². The molecule has 0 unspecified atom stereocenters. The van der Waals surface area contributed by atoms with Crippen LogP contribution in [-0.4, -0.2) is 32.0 Å². The summed E-state index contributed by atoms with van der Waals surface area (Å²) in [5.41, 5.74) is 0.828. The highest BCUT2D eigenvalue weighted by Crippen LogP contribution is 2.27. The van der Waals surface area contributed by atoms with Gasteiger partial charge in [-0.25, -0.2) is 0 Å². The van der Waals surface area contributed by atoms with Gasteiger partial charge >= 0.3 is 0 Å². The number of ether oxygens (including phenoxy) is 2. The topological polar surface area (TPSA) is 38.7 Å². The zero-order valence-electron chi connectivity index (χ0n) is 11.6. The summed E-state index contributed by atoms with van der Waals surface area (Å²) < 4.78 is 10.8. The fourth-order valence-corrected chi connectivity index (χ4v) is 2.01. The lowest BCUT2D eigenvalue weighted by molar-refractivity contribution is 0.172. The van der Waals surface area contributed by atoms with E-state index in [1.54, 1.807) is 7.11 Å². The maximum atomic E-state index is 8.91. The van der Waals surface area contributed by atoms with E-state index < -0.39 is 0 Å². The lowest BCUT2D eigenvalue weighted by Crippen LogP contribution is -2.02. The van der Waals surface area contributed by atoms with E-state index in [1.165, 1.54) is 0 Å². The molecule has 0 aliphatic rings. The molecule has 3 nitrogen and oxygen atoms in total. The van der Waals surface area contributed by atoms with Crippen LogP contribution in [0.2, 0.25) is 0 Å². The SMILES string of the molecule is COCCCOc1ccc2ccccc2c1C#CCO. The third-order valence-electron chi connectivity index (χ3n) is 2.93. The van der Waals surface area contributed by atoms with Gasteiger partial charge in [-0.05, 0) is 11.5 Å². The zero-order valence-corrected chi connectivity index (χ0v) is 11.6. The average Bonchev–Trinajstić information content (AvgIpc) is 2.50. The summed E-state index contributed by atoms with van der Waals surface area (Å²) in [6.45, 7) is 1.09. The van der Waals surface area contributed by atoms with Crippen molar-refractivity contribution in [2.24, 2.45) is 0 Å². The van der Waals surface area contributed by atoms with Crippen LogP contribution in [0.15, 0.2) is 36.4 Å². The van der Waals surface area contributed by atoms with Crippen LogP contribution in [-0.2, 0) is 4.74 Å². The van der Waals surface area contributed by atoms with Gasteiger partial charge in [0.15, 0.2) is 0 Å². The second-order valence-corrected chi connectivity index (χ2v) is 4.31. The van der Waals surface area contributed by atoms with Gasteiger partial charge in [-0.2, -0.15) is 0 Å². The van der Waals surface area contributed by atoms with Crippen molar-refractivity contribution in [3.63, 3.8) is 0 Å². The van der Waals surface area contributed by atoms with Crippen molar-refractivity contribution in [2.45, 2.75) is 6.42 Å². The molecule has 0 aliphatic heterocycles. The van der Waals surface area contributed by atoms with Gasteiger partial charge in [0, 0.05) is 25.5 Å². The fraction of sp³-hybridized carbons (Fsp3) is 0.294. The molecule has 0 aromatic heterocycles. The Labute approximate surface area is 119 Å². The number of hydrogen-bond acceptors (Lipinski definition) is 3. The molecule has 0 aliphatic carbocycles.